The fraction of sp³-hybridized carbons (Fsp3) is 0.462. The number of aryl methyl sites for hydroxylation is 1. The maximum absolute atomic E-state index is 5.87. The van der Waals surface area contributed by atoms with Gasteiger partial charge in [-0.25, -0.2) is 4.68 Å². The van der Waals surface area contributed by atoms with Crippen LogP contribution in [0.3, 0.4) is 0 Å². The molecule has 0 fully saturated rings. The Bertz CT molecular complexity index is 531. The van der Waals surface area contributed by atoms with Crippen LogP contribution in [-0.2, 0) is 4.74 Å². The second-order valence-electron chi connectivity index (χ2n) is 4.59. The molecule has 1 aromatic heterocycles. The predicted molar refractivity (Wildman–Crippen MR) is 73.6 cm³/mol. The second kappa shape index (κ2) is 5.79. The summed E-state index contributed by atoms with van der Waals surface area (Å²) in [5, 5.41) is 11.9. The van der Waals surface area contributed by atoms with Crippen LogP contribution in [0.15, 0.2) is 18.2 Å². The first-order valence-electron chi connectivity index (χ1n) is 6.35. The van der Waals surface area contributed by atoms with Gasteiger partial charge in [-0.2, -0.15) is 0 Å². The minimum atomic E-state index is 0.0756. The summed E-state index contributed by atoms with van der Waals surface area (Å²) in [6.07, 6.45) is 0. The zero-order valence-corrected chi connectivity index (χ0v) is 11.5. The van der Waals surface area contributed by atoms with Gasteiger partial charge in [0.15, 0.2) is 5.82 Å². The first-order valence-corrected chi connectivity index (χ1v) is 6.35. The minimum Gasteiger partial charge on any atom is -0.399 e. The Balaban J connectivity index is 2.32. The van der Waals surface area contributed by atoms with E-state index in [9.17, 15) is 0 Å². The molecule has 0 saturated heterocycles. The number of rotatable bonds is 5. The minimum absolute atomic E-state index is 0.0756. The van der Waals surface area contributed by atoms with Crippen LogP contribution in [0.4, 0.5) is 5.69 Å². The molecule has 2 rings (SSSR count). The van der Waals surface area contributed by atoms with E-state index in [0.717, 1.165) is 11.1 Å². The van der Waals surface area contributed by atoms with Crippen LogP contribution in [-0.4, -0.2) is 33.4 Å². The predicted octanol–water partition coefficient (Wildman–Crippen LogP) is 1.83. The molecule has 2 N–H and O–H groups in total. The van der Waals surface area contributed by atoms with Crippen LogP contribution >= 0.6 is 0 Å². The van der Waals surface area contributed by atoms with Gasteiger partial charge < -0.3 is 10.5 Å². The molecule has 6 heteroatoms. The monoisotopic (exact) mass is 261 g/mol. The first kappa shape index (κ1) is 13.5. The van der Waals surface area contributed by atoms with Gasteiger partial charge in [0.25, 0.3) is 0 Å². The Kier molecular flexibility index (Phi) is 4.11. The molecule has 0 radical (unpaired) electrons. The molecule has 0 amide bonds. The number of hydrogen-bond donors (Lipinski definition) is 1. The van der Waals surface area contributed by atoms with Crippen LogP contribution in [0.25, 0.3) is 11.4 Å². The summed E-state index contributed by atoms with van der Waals surface area (Å²) in [5.74, 6) is 0.711. The third-order valence-electron chi connectivity index (χ3n) is 2.83. The van der Waals surface area contributed by atoms with Gasteiger partial charge in [-0.1, -0.05) is 0 Å². The molecule has 0 spiro atoms. The Labute approximate surface area is 112 Å². The van der Waals surface area contributed by atoms with Crippen molar-refractivity contribution in [3.05, 3.63) is 23.8 Å². The van der Waals surface area contributed by atoms with Crippen molar-refractivity contribution in [3.63, 3.8) is 0 Å². The lowest BCUT2D eigenvalue weighted by Gasteiger charge is -2.13. The zero-order valence-electron chi connectivity index (χ0n) is 11.5. The van der Waals surface area contributed by atoms with Crippen molar-refractivity contribution in [2.45, 2.75) is 26.8 Å². The maximum Gasteiger partial charge on any atom is 0.182 e. The summed E-state index contributed by atoms with van der Waals surface area (Å²) >= 11 is 0. The van der Waals surface area contributed by atoms with E-state index < -0.39 is 0 Å². The zero-order chi connectivity index (χ0) is 13.8. The molecule has 1 unspecified atom stereocenters. The summed E-state index contributed by atoms with van der Waals surface area (Å²) in [7, 11) is 0. The fourth-order valence-corrected chi connectivity index (χ4v) is 1.98. The molecular formula is C13H19N5O. The summed E-state index contributed by atoms with van der Waals surface area (Å²) in [4.78, 5) is 0. The molecule has 0 aliphatic heterocycles. The van der Waals surface area contributed by atoms with E-state index in [1.165, 1.54) is 0 Å². The number of nitrogens with two attached hydrogens (primary N) is 1. The van der Waals surface area contributed by atoms with Crippen molar-refractivity contribution in [3.8, 4) is 11.4 Å². The van der Waals surface area contributed by atoms with Crippen LogP contribution < -0.4 is 5.73 Å². The lowest BCUT2D eigenvalue weighted by molar-refractivity contribution is 0.115. The molecule has 2 aromatic rings. The number of nitrogen functional groups attached to an aromatic ring is 1. The van der Waals surface area contributed by atoms with E-state index in [2.05, 4.69) is 15.5 Å². The number of aromatic nitrogens is 4. The summed E-state index contributed by atoms with van der Waals surface area (Å²) < 4.78 is 7.18. The molecule has 19 heavy (non-hydrogen) atoms. The van der Waals surface area contributed by atoms with Gasteiger partial charge in [0.2, 0.25) is 0 Å². The van der Waals surface area contributed by atoms with Crippen LogP contribution in [0.2, 0.25) is 0 Å². The number of benzene rings is 1. The third-order valence-corrected chi connectivity index (χ3v) is 2.83. The quantitative estimate of drug-likeness (QED) is 0.831. The van der Waals surface area contributed by atoms with Gasteiger partial charge in [-0.3, -0.25) is 0 Å². The van der Waals surface area contributed by atoms with Crippen molar-refractivity contribution in [2.75, 3.05) is 18.9 Å². The number of nitrogens with zero attached hydrogens (tertiary/aromatic N) is 4. The van der Waals surface area contributed by atoms with Crippen LogP contribution in [0.5, 0.6) is 0 Å². The molecule has 0 saturated carbocycles. The summed E-state index contributed by atoms with van der Waals surface area (Å²) in [6, 6.07) is 5.89. The van der Waals surface area contributed by atoms with E-state index in [4.69, 9.17) is 10.5 Å². The fourth-order valence-electron chi connectivity index (χ4n) is 1.98. The number of hydrogen-bond acceptors (Lipinski definition) is 5. The van der Waals surface area contributed by atoms with Gasteiger partial charge in [0.1, 0.15) is 0 Å². The molecule has 1 aromatic carbocycles. The highest BCUT2D eigenvalue weighted by Crippen LogP contribution is 2.23. The van der Waals surface area contributed by atoms with Crippen molar-refractivity contribution in [1.29, 1.82) is 0 Å². The molecule has 1 atom stereocenters. The largest absolute Gasteiger partial charge is 0.399 e. The van der Waals surface area contributed by atoms with Gasteiger partial charge in [-0.05, 0) is 55.0 Å². The van der Waals surface area contributed by atoms with Gasteiger partial charge in [-0.15, -0.1) is 5.10 Å². The summed E-state index contributed by atoms with van der Waals surface area (Å²) in [6.45, 7) is 7.25. The Morgan fingerprint density at radius 1 is 1.37 bits per heavy atom. The average Bonchev–Trinajstić information content (AvgIpc) is 2.84. The van der Waals surface area contributed by atoms with Crippen molar-refractivity contribution < 1.29 is 4.74 Å². The standard InChI is InChI=1S/C13H19N5O/c1-4-19-8-10(3)18-13(15-16-17-18)11-5-9(2)6-12(14)7-11/h5-7,10H,4,8,14H2,1-3H3. The van der Waals surface area contributed by atoms with E-state index in [1.54, 1.807) is 4.68 Å². The highest BCUT2D eigenvalue weighted by molar-refractivity contribution is 5.62. The molecule has 0 aliphatic rings. The molecule has 0 bridgehead atoms. The number of anilines is 1. The molecule has 6 nitrogen and oxygen atoms in total. The molecular weight excluding hydrogens is 242 g/mol. The second-order valence-corrected chi connectivity index (χ2v) is 4.59. The average molecular weight is 261 g/mol. The number of tetrazole rings is 1. The highest BCUT2D eigenvalue weighted by atomic mass is 16.5. The van der Waals surface area contributed by atoms with E-state index in [1.807, 2.05) is 39.0 Å². The topological polar surface area (TPSA) is 78.8 Å². The maximum atomic E-state index is 5.87. The molecule has 0 aliphatic carbocycles. The lowest BCUT2D eigenvalue weighted by atomic mass is 10.1. The smallest absolute Gasteiger partial charge is 0.182 e. The Hall–Kier alpha value is -1.95. The lowest BCUT2D eigenvalue weighted by Crippen LogP contribution is -2.15. The number of ether oxygens (including phenoxy) is 1. The van der Waals surface area contributed by atoms with E-state index in [-0.39, 0.29) is 6.04 Å². The van der Waals surface area contributed by atoms with Crippen molar-refractivity contribution in [1.82, 2.24) is 20.2 Å². The van der Waals surface area contributed by atoms with E-state index >= 15 is 0 Å². The molecule has 102 valence electrons. The Morgan fingerprint density at radius 3 is 2.84 bits per heavy atom. The van der Waals surface area contributed by atoms with Crippen LogP contribution in [0, 0.1) is 6.92 Å². The van der Waals surface area contributed by atoms with Crippen molar-refractivity contribution >= 4 is 5.69 Å². The van der Waals surface area contributed by atoms with Crippen LogP contribution in [0.1, 0.15) is 25.5 Å². The third kappa shape index (κ3) is 3.08. The van der Waals surface area contributed by atoms with Gasteiger partial charge >= 0.3 is 0 Å². The van der Waals surface area contributed by atoms with E-state index in [0.29, 0.717) is 24.7 Å². The highest BCUT2D eigenvalue weighted by Gasteiger charge is 2.15. The molecule has 1 heterocycles. The van der Waals surface area contributed by atoms with Crippen molar-refractivity contribution in [2.24, 2.45) is 0 Å². The normalized spacial score (nSPS) is 12.6. The van der Waals surface area contributed by atoms with Gasteiger partial charge in [0, 0.05) is 17.9 Å². The SMILES string of the molecule is CCOCC(C)n1nnnc1-c1cc(C)cc(N)c1. The Morgan fingerprint density at radius 2 is 2.16 bits per heavy atom. The first-order chi connectivity index (χ1) is 9.11. The summed E-state index contributed by atoms with van der Waals surface area (Å²) in [5.41, 5.74) is 8.59. The van der Waals surface area contributed by atoms with Gasteiger partial charge in [0.05, 0.1) is 12.6 Å².